The fourth-order valence-corrected chi connectivity index (χ4v) is 3.74. The Morgan fingerprint density at radius 3 is 2.63 bits per heavy atom. The molecule has 0 bridgehead atoms. The molecule has 0 aliphatic heterocycles. The molecule has 0 aliphatic rings. The Balaban J connectivity index is 1.77. The first-order valence-electron chi connectivity index (χ1n) is 9.26. The molecule has 0 saturated carbocycles. The van der Waals surface area contributed by atoms with Gasteiger partial charge in [-0.25, -0.2) is 4.68 Å². The number of nitrogens with one attached hydrogen (secondary N) is 1. The number of carbonyl (C=O) groups is 1. The average Bonchev–Trinajstić information content (AvgIpc) is 3.16. The molecule has 2 heterocycles. The van der Waals surface area contributed by atoms with Gasteiger partial charge in [-0.15, -0.1) is 0 Å². The van der Waals surface area contributed by atoms with Crippen LogP contribution in [0.4, 0.5) is 5.13 Å². The Morgan fingerprint density at radius 2 is 1.96 bits per heavy atom. The highest BCUT2D eigenvalue weighted by Crippen LogP contribution is 2.31. The molecule has 0 spiro atoms. The third kappa shape index (κ3) is 4.47. The highest BCUT2D eigenvalue weighted by molar-refractivity contribution is 7.22. The van der Waals surface area contributed by atoms with Crippen molar-refractivity contribution >= 4 is 32.7 Å². The van der Waals surface area contributed by atoms with E-state index in [1.54, 1.807) is 11.3 Å². The van der Waals surface area contributed by atoms with Gasteiger partial charge >= 0.3 is 0 Å². The van der Waals surface area contributed by atoms with Gasteiger partial charge < -0.3 is 10.2 Å². The number of thiazole rings is 1. The van der Waals surface area contributed by atoms with E-state index in [4.69, 9.17) is 4.98 Å². The first kappa shape index (κ1) is 19.4. The first-order valence-corrected chi connectivity index (χ1v) is 10.1. The zero-order chi connectivity index (χ0) is 19.6. The van der Waals surface area contributed by atoms with Gasteiger partial charge in [0.1, 0.15) is 0 Å². The molecule has 1 N–H and O–H groups in total. The van der Waals surface area contributed by atoms with Gasteiger partial charge in [0.05, 0.1) is 22.6 Å². The summed E-state index contributed by atoms with van der Waals surface area (Å²) in [6.07, 6.45) is 0.988. The van der Waals surface area contributed by atoms with E-state index >= 15 is 0 Å². The van der Waals surface area contributed by atoms with Crippen molar-refractivity contribution < 1.29 is 4.79 Å². The van der Waals surface area contributed by atoms with Gasteiger partial charge in [0, 0.05) is 13.6 Å². The largest absolute Gasteiger partial charge is 0.355 e. The lowest BCUT2D eigenvalue weighted by Crippen LogP contribution is -2.35. The second-order valence-electron chi connectivity index (χ2n) is 7.37. The summed E-state index contributed by atoms with van der Waals surface area (Å²) in [5.74, 6) is 0.606. The highest BCUT2D eigenvalue weighted by atomic mass is 32.1. The second-order valence-corrected chi connectivity index (χ2v) is 8.35. The summed E-state index contributed by atoms with van der Waals surface area (Å²) < 4.78 is 2.93. The molecule has 0 fully saturated rings. The zero-order valence-electron chi connectivity index (χ0n) is 16.6. The maximum Gasteiger partial charge on any atom is 0.239 e. The topological polar surface area (TPSA) is 63.1 Å². The van der Waals surface area contributed by atoms with Crippen LogP contribution in [0.1, 0.15) is 31.5 Å². The van der Waals surface area contributed by atoms with Crippen LogP contribution < -0.4 is 10.2 Å². The number of nitrogens with zero attached hydrogens (tertiary/aromatic N) is 4. The molecule has 0 saturated heterocycles. The van der Waals surface area contributed by atoms with Gasteiger partial charge in [-0.2, -0.15) is 10.1 Å². The molecule has 1 amide bonds. The van der Waals surface area contributed by atoms with Crippen molar-refractivity contribution in [1.82, 2.24) is 20.1 Å². The summed E-state index contributed by atoms with van der Waals surface area (Å²) >= 11 is 1.57. The Hall–Kier alpha value is -2.41. The van der Waals surface area contributed by atoms with Gasteiger partial charge in [0.2, 0.25) is 5.91 Å². The van der Waals surface area contributed by atoms with E-state index in [1.165, 1.54) is 5.56 Å². The Morgan fingerprint density at radius 1 is 1.26 bits per heavy atom. The number of amides is 1. The molecule has 0 atom stereocenters. The lowest BCUT2D eigenvalue weighted by Gasteiger charge is -2.15. The monoisotopic (exact) mass is 385 g/mol. The van der Waals surface area contributed by atoms with Gasteiger partial charge in [0.15, 0.2) is 10.8 Å². The van der Waals surface area contributed by atoms with Crippen LogP contribution in [-0.4, -0.2) is 40.8 Å². The molecule has 0 unspecified atom stereocenters. The van der Waals surface area contributed by atoms with Crippen LogP contribution in [0, 0.1) is 19.8 Å². The minimum Gasteiger partial charge on any atom is -0.355 e. The molecule has 27 heavy (non-hydrogen) atoms. The summed E-state index contributed by atoms with van der Waals surface area (Å²) in [5, 5.41) is 8.43. The van der Waals surface area contributed by atoms with Crippen LogP contribution in [0.25, 0.3) is 16.0 Å². The van der Waals surface area contributed by atoms with Crippen molar-refractivity contribution in [2.75, 3.05) is 25.0 Å². The molecule has 3 aromatic rings. The van der Waals surface area contributed by atoms with E-state index in [1.807, 2.05) is 35.7 Å². The third-order valence-electron chi connectivity index (χ3n) is 4.41. The van der Waals surface area contributed by atoms with Gasteiger partial charge in [-0.1, -0.05) is 42.9 Å². The lowest BCUT2D eigenvalue weighted by molar-refractivity contribution is -0.119. The number of aryl methyl sites for hydroxylation is 2. The summed E-state index contributed by atoms with van der Waals surface area (Å²) in [5.41, 5.74) is 3.98. The van der Waals surface area contributed by atoms with Crippen molar-refractivity contribution in [3.63, 3.8) is 0 Å². The van der Waals surface area contributed by atoms with E-state index in [2.05, 4.69) is 43.3 Å². The Bertz CT molecular complexity index is 926. The number of benzene rings is 1. The van der Waals surface area contributed by atoms with E-state index in [-0.39, 0.29) is 5.91 Å². The molecule has 144 valence electrons. The van der Waals surface area contributed by atoms with Crippen molar-refractivity contribution in [1.29, 1.82) is 0 Å². The van der Waals surface area contributed by atoms with Crippen molar-refractivity contribution in [2.45, 2.75) is 34.1 Å². The standard InChI is InChI=1S/C20H27N5OS/c1-13(2)10-11-21-17(26)12-24(5)20-22-19-18(27-20)15(4)23-25(19)16-8-6-14(3)7-9-16/h6-9,13H,10-12H2,1-5H3,(H,21,26). The maximum absolute atomic E-state index is 12.2. The SMILES string of the molecule is Cc1ccc(-n2nc(C)c3sc(N(C)CC(=O)NCCC(C)C)nc32)cc1. The maximum atomic E-state index is 12.2. The highest BCUT2D eigenvalue weighted by Gasteiger charge is 2.18. The normalized spacial score (nSPS) is 11.3. The zero-order valence-corrected chi connectivity index (χ0v) is 17.4. The van der Waals surface area contributed by atoms with Crippen molar-refractivity contribution in [3.05, 3.63) is 35.5 Å². The fourth-order valence-electron chi connectivity index (χ4n) is 2.79. The molecule has 0 aliphatic carbocycles. The summed E-state index contributed by atoms with van der Waals surface area (Å²) in [4.78, 5) is 18.8. The van der Waals surface area contributed by atoms with Crippen LogP contribution in [-0.2, 0) is 4.79 Å². The second kappa shape index (κ2) is 8.08. The molecule has 7 heteroatoms. The van der Waals surface area contributed by atoms with Crippen LogP contribution in [0.5, 0.6) is 0 Å². The minimum absolute atomic E-state index is 0.0225. The predicted molar refractivity (Wildman–Crippen MR) is 112 cm³/mol. The fraction of sp³-hybridized carbons (Fsp3) is 0.450. The smallest absolute Gasteiger partial charge is 0.239 e. The lowest BCUT2D eigenvalue weighted by atomic mass is 10.1. The molecular formula is C20H27N5OS. The van der Waals surface area contributed by atoms with Crippen LogP contribution in [0.2, 0.25) is 0 Å². The molecule has 2 aromatic heterocycles. The average molecular weight is 386 g/mol. The van der Waals surface area contributed by atoms with Crippen molar-refractivity contribution in [2.24, 2.45) is 5.92 Å². The van der Waals surface area contributed by atoms with E-state index < -0.39 is 0 Å². The van der Waals surface area contributed by atoms with Crippen LogP contribution >= 0.6 is 11.3 Å². The third-order valence-corrected chi connectivity index (χ3v) is 5.67. The number of rotatable bonds is 7. The van der Waals surface area contributed by atoms with Gasteiger partial charge in [-0.05, 0) is 38.3 Å². The van der Waals surface area contributed by atoms with Crippen LogP contribution in [0.3, 0.4) is 0 Å². The van der Waals surface area contributed by atoms with Crippen LogP contribution in [0.15, 0.2) is 24.3 Å². The number of hydrogen-bond donors (Lipinski definition) is 1. The summed E-state index contributed by atoms with van der Waals surface area (Å²) in [7, 11) is 1.90. The number of carbonyl (C=O) groups excluding carboxylic acids is 1. The number of hydrogen-bond acceptors (Lipinski definition) is 5. The number of fused-ring (bicyclic) bond motifs is 1. The molecule has 3 rings (SSSR count). The van der Waals surface area contributed by atoms with E-state index in [0.29, 0.717) is 19.0 Å². The molecule has 0 radical (unpaired) electrons. The Labute approximate surface area is 164 Å². The van der Waals surface area contributed by atoms with Gasteiger partial charge in [-0.3, -0.25) is 4.79 Å². The van der Waals surface area contributed by atoms with Crippen molar-refractivity contribution in [3.8, 4) is 5.69 Å². The quantitative estimate of drug-likeness (QED) is 0.674. The predicted octanol–water partition coefficient (Wildman–Crippen LogP) is 3.70. The van der Waals surface area contributed by atoms with E-state index in [0.717, 1.165) is 33.3 Å². The molecule has 6 nitrogen and oxygen atoms in total. The summed E-state index contributed by atoms with van der Waals surface area (Å²) in [6, 6.07) is 8.23. The molecule has 1 aromatic carbocycles. The summed E-state index contributed by atoms with van der Waals surface area (Å²) in [6.45, 7) is 9.37. The Kier molecular flexibility index (Phi) is 5.79. The van der Waals surface area contributed by atoms with E-state index in [9.17, 15) is 4.79 Å². The first-order chi connectivity index (χ1) is 12.8. The minimum atomic E-state index is 0.0225. The number of likely N-dealkylation sites (N-methyl/N-ethyl adjacent to an activating group) is 1. The molecular weight excluding hydrogens is 358 g/mol. The number of anilines is 1. The number of aromatic nitrogens is 3. The van der Waals surface area contributed by atoms with Gasteiger partial charge in [0.25, 0.3) is 0 Å².